The van der Waals surface area contributed by atoms with E-state index in [0.29, 0.717) is 29.0 Å². The quantitative estimate of drug-likeness (QED) is 0.805. The van der Waals surface area contributed by atoms with Gasteiger partial charge in [0, 0.05) is 11.7 Å². The molecule has 2 rings (SSSR count). The first-order chi connectivity index (χ1) is 8.60. The van der Waals surface area contributed by atoms with E-state index in [1.165, 1.54) is 12.8 Å². The Labute approximate surface area is 112 Å². The number of benzene rings is 1. The molecule has 1 aromatic carbocycles. The Morgan fingerprint density at radius 3 is 2.83 bits per heavy atom. The molecule has 1 aliphatic rings. The largest absolute Gasteiger partial charge is 0.397 e. The minimum absolute atomic E-state index is 0.00882. The van der Waals surface area contributed by atoms with E-state index in [-0.39, 0.29) is 5.91 Å². The SMILES string of the molecule is CCN(CC(=O)Nc1ccc(Cl)c(N)c1)C1CC1. The molecular weight excluding hydrogens is 250 g/mol. The molecule has 4 nitrogen and oxygen atoms in total. The molecule has 1 fully saturated rings. The Bertz CT molecular complexity index is 446. The van der Waals surface area contributed by atoms with Crippen LogP contribution in [0.4, 0.5) is 11.4 Å². The van der Waals surface area contributed by atoms with E-state index in [0.717, 1.165) is 6.54 Å². The van der Waals surface area contributed by atoms with Crippen LogP contribution >= 0.6 is 11.6 Å². The standard InChI is InChI=1S/C13H18ClN3O/c1-2-17(10-4-5-10)8-13(18)16-9-3-6-11(14)12(15)7-9/h3,6-7,10H,2,4-5,8,15H2,1H3,(H,16,18). The molecule has 0 heterocycles. The molecule has 0 aromatic heterocycles. The van der Waals surface area contributed by atoms with Crippen LogP contribution < -0.4 is 11.1 Å². The molecule has 1 amide bonds. The maximum Gasteiger partial charge on any atom is 0.238 e. The van der Waals surface area contributed by atoms with Crippen molar-refractivity contribution >= 4 is 28.9 Å². The van der Waals surface area contributed by atoms with Crippen LogP contribution in [0, 0.1) is 0 Å². The van der Waals surface area contributed by atoms with E-state index in [4.69, 9.17) is 17.3 Å². The van der Waals surface area contributed by atoms with Gasteiger partial charge in [0.15, 0.2) is 0 Å². The number of halogens is 1. The van der Waals surface area contributed by atoms with Crippen LogP contribution in [-0.2, 0) is 4.79 Å². The van der Waals surface area contributed by atoms with E-state index < -0.39 is 0 Å². The van der Waals surface area contributed by atoms with Crippen LogP contribution in [0.1, 0.15) is 19.8 Å². The second-order valence-corrected chi connectivity index (χ2v) is 4.99. The first-order valence-corrected chi connectivity index (χ1v) is 6.57. The maximum atomic E-state index is 11.9. The van der Waals surface area contributed by atoms with Crippen molar-refractivity contribution in [1.29, 1.82) is 0 Å². The van der Waals surface area contributed by atoms with Crippen molar-refractivity contribution in [1.82, 2.24) is 4.90 Å². The van der Waals surface area contributed by atoms with E-state index in [2.05, 4.69) is 17.1 Å². The number of nitrogen functional groups attached to an aromatic ring is 1. The molecule has 1 saturated carbocycles. The minimum Gasteiger partial charge on any atom is -0.397 e. The predicted molar refractivity (Wildman–Crippen MR) is 74.8 cm³/mol. The zero-order chi connectivity index (χ0) is 13.1. The number of rotatable bonds is 5. The summed E-state index contributed by atoms with van der Waals surface area (Å²) in [5, 5.41) is 3.34. The van der Waals surface area contributed by atoms with Crippen LogP contribution in [0.25, 0.3) is 0 Å². The van der Waals surface area contributed by atoms with Gasteiger partial charge < -0.3 is 11.1 Å². The van der Waals surface area contributed by atoms with Gasteiger partial charge in [-0.3, -0.25) is 9.69 Å². The highest BCUT2D eigenvalue weighted by molar-refractivity contribution is 6.33. The van der Waals surface area contributed by atoms with Crippen molar-refractivity contribution in [3.8, 4) is 0 Å². The summed E-state index contributed by atoms with van der Waals surface area (Å²) in [5.74, 6) is -0.00882. The molecule has 0 saturated heterocycles. The third-order valence-electron chi connectivity index (χ3n) is 3.10. The summed E-state index contributed by atoms with van der Waals surface area (Å²) in [5.41, 5.74) is 6.85. The molecule has 1 aromatic rings. The van der Waals surface area contributed by atoms with E-state index in [1.54, 1.807) is 18.2 Å². The lowest BCUT2D eigenvalue weighted by Gasteiger charge is -2.19. The Kier molecular flexibility index (Phi) is 4.09. The predicted octanol–water partition coefficient (Wildman–Crippen LogP) is 2.35. The molecule has 1 aliphatic carbocycles. The fourth-order valence-corrected chi connectivity index (χ4v) is 2.06. The highest BCUT2D eigenvalue weighted by atomic mass is 35.5. The Hall–Kier alpha value is -1.26. The summed E-state index contributed by atoms with van der Waals surface area (Å²) < 4.78 is 0. The fourth-order valence-electron chi connectivity index (χ4n) is 1.95. The van der Waals surface area contributed by atoms with Gasteiger partial charge in [0.05, 0.1) is 17.3 Å². The first kappa shape index (κ1) is 13.2. The van der Waals surface area contributed by atoms with Gasteiger partial charge in [-0.1, -0.05) is 18.5 Å². The lowest BCUT2D eigenvalue weighted by atomic mass is 10.3. The van der Waals surface area contributed by atoms with Gasteiger partial charge >= 0.3 is 0 Å². The summed E-state index contributed by atoms with van der Waals surface area (Å²) in [4.78, 5) is 14.1. The number of anilines is 2. The second kappa shape index (κ2) is 5.59. The Balaban J connectivity index is 1.91. The Morgan fingerprint density at radius 2 is 2.28 bits per heavy atom. The van der Waals surface area contributed by atoms with Crippen molar-refractivity contribution in [2.45, 2.75) is 25.8 Å². The molecule has 98 valence electrons. The van der Waals surface area contributed by atoms with E-state index in [1.807, 2.05) is 0 Å². The van der Waals surface area contributed by atoms with Crippen LogP contribution in [0.15, 0.2) is 18.2 Å². The lowest BCUT2D eigenvalue weighted by molar-refractivity contribution is -0.117. The van der Waals surface area contributed by atoms with Gasteiger partial charge in [-0.2, -0.15) is 0 Å². The molecule has 0 radical (unpaired) electrons. The number of carbonyl (C=O) groups excluding carboxylic acids is 1. The highest BCUT2D eigenvalue weighted by Gasteiger charge is 2.28. The van der Waals surface area contributed by atoms with Crippen molar-refractivity contribution in [3.05, 3.63) is 23.2 Å². The van der Waals surface area contributed by atoms with Crippen LogP contribution in [-0.4, -0.2) is 29.9 Å². The highest BCUT2D eigenvalue weighted by Crippen LogP contribution is 2.26. The lowest BCUT2D eigenvalue weighted by Crippen LogP contribution is -2.34. The van der Waals surface area contributed by atoms with Gasteiger partial charge in [0.25, 0.3) is 0 Å². The number of hydrogen-bond donors (Lipinski definition) is 2. The van der Waals surface area contributed by atoms with Gasteiger partial charge in [-0.15, -0.1) is 0 Å². The molecular formula is C13H18ClN3O. The normalized spacial score (nSPS) is 14.8. The number of hydrogen-bond acceptors (Lipinski definition) is 3. The molecule has 0 atom stereocenters. The van der Waals surface area contributed by atoms with Gasteiger partial charge in [-0.05, 0) is 37.6 Å². The van der Waals surface area contributed by atoms with Crippen molar-refractivity contribution in [2.24, 2.45) is 0 Å². The minimum atomic E-state index is -0.00882. The average molecular weight is 268 g/mol. The van der Waals surface area contributed by atoms with Gasteiger partial charge in [0.2, 0.25) is 5.91 Å². The molecule has 0 spiro atoms. The maximum absolute atomic E-state index is 11.9. The van der Waals surface area contributed by atoms with Crippen molar-refractivity contribution in [2.75, 3.05) is 24.1 Å². The number of likely N-dealkylation sites (N-methyl/N-ethyl adjacent to an activating group) is 1. The molecule has 0 unspecified atom stereocenters. The molecule has 18 heavy (non-hydrogen) atoms. The molecule has 0 aliphatic heterocycles. The molecule has 3 N–H and O–H groups in total. The zero-order valence-electron chi connectivity index (χ0n) is 10.4. The molecule has 0 bridgehead atoms. The van der Waals surface area contributed by atoms with Crippen LogP contribution in [0.5, 0.6) is 0 Å². The van der Waals surface area contributed by atoms with Gasteiger partial charge in [-0.25, -0.2) is 0 Å². The van der Waals surface area contributed by atoms with Crippen LogP contribution in [0.3, 0.4) is 0 Å². The number of nitrogens with two attached hydrogens (primary N) is 1. The summed E-state index contributed by atoms with van der Waals surface area (Å²) >= 11 is 5.83. The summed E-state index contributed by atoms with van der Waals surface area (Å²) in [6.45, 7) is 3.41. The van der Waals surface area contributed by atoms with E-state index in [9.17, 15) is 4.79 Å². The monoisotopic (exact) mass is 267 g/mol. The van der Waals surface area contributed by atoms with Crippen molar-refractivity contribution < 1.29 is 4.79 Å². The second-order valence-electron chi connectivity index (χ2n) is 4.58. The first-order valence-electron chi connectivity index (χ1n) is 6.19. The number of nitrogens with one attached hydrogen (secondary N) is 1. The number of nitrogens with zero attached hydrogens (tertiary/aromatic N) is 1. The average Bonchev–Trinajstić information content (AvgIpc) is 3.15. The summed E-state index contributed by atoms with van der Waals surface area (Å²) in [7, 11) is 0. The number of carbonyl (C=O) groups is 1. The number of amides is 1. The molecule has 5 heteroatoms. The smallest absolute Gasteiger partial charge is 0.238 e. The zero-order valence-corrected chi connectivity index (χ0v) is 11.2. The van der Waals surface area contributed by atoms with Gasteiger partial charge in [0.1, 0.15) is 0 Å². The fraction of sp³-hybridized carbons (Fsp3) is 0.462. The summed E-state index contributed by atoms with van der Waals surface area (Å²) in [6, 6.07) is 5.71. The van der Waals surface area contributed by atoms with Crippen molar-refractivity contribution in [3.63, 3.8) is 0 Å². The topological polar surface area (TPSA) is 58.4 Å². The van der Waals surface area contributed by atoms with Crippen LogP contribution in [0.2, 0.25) is 5.02 Å². The van der Waals surface area contributed by atoms with E-state index >= 15 is 0 Å². The third kappa shape index (κ3) is 3.37. The Morgan fingerprint density at radius 1 is 1.56 bits per heavy atom. The summed E-state index contributed by atoms with van der Waals surface area (Å²) in [6.07, 6.45) is 2.41. The third-order valence-corrected chi connectivity index (χ3v) is 3.44.